The van der Waals surface area contributed by atoms with Crippen molar-refractivity contribution in [1.29, 1.82) is 0 Å². The molecule has 15 heavy (non-hydrogen) atoms. The van der Waals surface area contributed by atoms with Gasteiger partial charge in [0.1, 0.15) is 0 Å². The van der Waals surface area contributed by atoms with Gasteiger partial charge in [-0.1, -0.05) is 35.3 Å². The monoisotopic (exact) mass is 243 g/mol. The van der Waals surface area contributed by atoms with Crippen LogP contribution in [-0.4, -0.2) is 6.04 Å². The average molecular weight is 244 g/mol. The largest absolute Gasteiger partial charge is 0.327 e. The second-order valence-electron chi connectivity index (χ2n) is 3.58. The van der Waals surface area contributed by atoms with E-state index in [1.807, 2.05) is 18.2 Å². The maximum atomic E-state index is 5.96. The molecule has 0 aromatic heterocycles. The number of nitrogens with two attached hydrogens (primary N) is 1. The summed E-state index contributed by atoms with van der Waals surface area (Å²) in [7, 11) is 0. The van der Waals surface area contributed by atoms with Crippen molar-refractivity contribution in [3.63, 3.8) is 0 Å². The molecule has 0 bridgehead atoms. The van der Waals surface area contributed by atoms with Crippen molar-refractivity contribution in [3.8, 4) is 0 Å². The van der Waals surface area contributed by atoms with E-state index in [4.69, 9.17) is 28.9 Å². The Bertz CT molecular complexity index is 336. The zero-order chi connectivity index (χ0) is 11.3. The number of hydrogen-bond acceptors (Lipinski definition) is 1. The molecule has 0 heterocycles. The molecule has 0 amide bonds. The molecule has 1 nitrogen and oxygen atoms in total. The van der Waals surface area contributed by atoms with Crippen molar-refractivity contribution in [2.75, 3.05) is 0 Å². The van der Waals surface area contributed by atoms with Gasteiger partial charge in [0.2, 0.25) is 0 Å². The van der Waals surface area contributed by atoms with Crippen molar-refractivity contribution in [2.45, 2.75) is 25.3 Å². The first kappa shape index (κ1) is 12.6. The second-order valence-corrected chi connectivity index (χ2v) is 4.39. The number of hydrogen-bond donors (Lipinski definition) is 1. The van der Waals surface area contributed by atoms with Crippen molar-refractivity contribution in [3.05, 3.63) is 46.5 Å². The summed E-state index contributed by atoms with van der Waals surface area (Å²) in [5.74, 6) is 0. The third-order valence-electron chi connectivity index (χ3n) is 2.22. The molecular formula is C12H15Cl2N. The van der Waals surface area contributed by atoms with Crippen molar-refractivity contribution >= 4 is 23.2 Å². The fourth-order valence-corrected chi connectivity index (χ4v) is 1.72. The maximum Gasteiger partial charge on any atom is 0.0595 e. The molecule has 0 saturated heterocycles. The molecule has 0 saturated carbocycles. The highest BCUT2D eigenvalue weighted by atomic mass is 35.5. The van der Waals surface area contributed by atoms with Crippen LogP contribution in [0.5, 0.6) is 0 Å². The average Bonchev–Trinajstić information content (AvgIpc) is 2.20. The first-order valence-electron chi connectivity index (χ1n) is 4.94. The van der Waals surface area contributed by atoms with Gasteiger partial charge in [-0.15, -0.1) is 6.58 Å². The van der Waals surface area contributed by atoms with Crippen LogP contribution in [0.25, 0.3) is 0 Å². The highest BCUT2D eigenvalue weighted by Crippen LogP contribution is 2.23. The Hall–Kier alpha value is -0.500. The van der Waals surface area contributed by atoms with Crippen LogP contribution in [0.1, 0.15) is 18.4 Å². The standard InChI is InChI=1S/C12H15Cl2N/c1-2-3-4-10(15)7-9-5-6-11(13)12(14)8-9/h2,5-6,8,10H,1,3-4,7,15H2. The van der Waals surface area contributed by atoms with Crippen LogP contribution in [0.15, 0.2) is 30.9 Å². The number of benzene rings is 1. The summed E-state index contributed by atoms with van der Waals surface area (Å²) < 4.78 is 0. The lowest BCUT2D eigenvalue weighted by Crippen LogP contribution is -2.22. The van der Waals surface area contributed by atoms with Gasteiger partial charge in [0.25, 0.3) is 0 Å². The molecule has 1 atom stereocenters. The Balaban J connectivity index is 2.56. The van der Waals surface area contributed by atoms with Crippen LogP contribution >= 0.6 is 23.2 Å². The number of allylic oxidation sites excluding steroid dienone is 1. The highest BCUT2D eigenvalue weighted by Gasteiger charge is 2.05. The molecule has 0 spiro atoms. The zero-order valence-electron chi connectivity index (χ0n) is 8.55. The topological polar surface area (TPSA) is 26.0 Å². The molecule has 1 aromatic carbocycles. The third kappa shape index (κ3) is 4.25. The molecular weight excluding hydrogens is 229 g/mol. The molecule has 0 aliphatic rings. The Labute approximate surface area is 101 Å². The minimum Gasteiger partial charge on any atom is -0.327 e. The SMILES string of the molecule is C=CCCC(N)Cc1ccc(Cl)c(Cl)c1. The minimum absolute atomic E-state index is 0.153. The van der Waals surface area contributed by atoms with Crippen LogP contribution in [0.3, 0.4) is 0 Å². The molecule has 3 heteroatoms. The fourth-order valence-electron chi connectivity index (χ4n) is 1.40. The lowest BCUT2D eigenvalue weighted by Gasteiger charge is -2.10. The van der Waals surface area contributed by atoms with E-state index in [0.717, 1.165) is 24.8 Å². The smallest absolute Gasteiger partial charge is 0.0595 e. The predicted molar refractivity (Wildman–Crippen MR) is 67.6 cm³/mol. The van der Waals surface area contributed by atoms with E-state index in [0.29, 0.717) is 10.0 Å². The van der Waals surface area contributed by atoms with E-state index in [-0.39, 0.29) is 6.04 Å². The van der Waals surface area contributed by atoms with E-state index < -0.39 is 0 Å². The number of halogens is 2. The van der Waals surface area contributed by atoms with E-state index >= 15 is 0 Å². The normalized spacial score (nSPS) is 12.5. The van der Waals surface area contributed by atoms with Crippen LogP contribution in [-0.2, 0) is 6.42 Å². The van der Waals surface area contributed by atoms with E-state index in [2.05, 4.69) is 6.58 Å². The lowest BCUT2D eigenvalue weighted by molar-refractivity contribution is 0.618. The zero-order valence-corrected chi connectivity index (χ0v) is 10.1. The molecule has 1 aromatic rings. The Morgan fingerprint density at radius 2 is 2.07 bits per heavy atom. The summed E-state index contributed by atoms with van der Waals surface area (Å²) in [6.07, 6.45) is 4.60. The van der Waals surface area contributed by atoms with Gasteiger partial charge in [0.05, 0.1) is 10.0 Å². The predicted octanol–water partition coefficient (Wildman–Crippen LogP) is 3.83. The second kappa shape index (κ2) is 6.16. The maximum absolute atomic E-state index is 5.96. The molecule has 1 rings (SSSR count). The summed E-state index contributed by atoms with van der Waals surface area (Å²) in [6.45, 7) is 3.67. The minimum atomic E-state index is 0.153. The van der Waals surface area contributed by atoms with Crippen LogP contribution in [0.4, 0.5) is 0 Å². The fraction of sp³-hybridized carbons (Fsp3) is 0.333. The van der Waals surface area contributed by atoms with Gasteiger partial charge in [-0.3, -0.25) is 0 Å². The molecule has 0 aliphatic carbocycles. The molecule has 0 radical (unpaired) electrons. The van der Waals surface area contributed by atoms with Gasteiger partial charge < -0.3 is 5.73 Å². The van der Waals surface area contributed by atoms with Crippen LogP contribution in [0, 0.1) is 0 Å². The van der Waals surface area contributed by atoms with Crippen molar-refractivity contribution in [1.82, 2.24) is 0 Å². The van der Waals surface area contributed by atoms with Crippen molar-refractivity contribution in [2.24, 2.45) is 5.73 Å². The van der Waals surface area contributed by atoms with E-state index in [1.165, 1.54) is 0 Å². The van der Waals surface area contributed by atoms with E-state index in [1.54, 1.807) is 6.07 Å². The van der Waals surface area contributed by atoms with E-state index in [9.17, 15) is 0 Å². The lowest BCUT2D eigenvalue weighted by atomic mass is 10.0. The molecule has 0 aliphatic heterocycles. The highest BCUT2D eigenvalue weighted by molar-refractivity contribution is 6.42. The molecule has 82 valence electrons. The Kier molecular flexibility index (Phi) is 5.16. The first-order chi connectivity index (χ1) is 7.13. The molecule has 1 unspecified atom stereocenters. The third-order valence-corrected chi connectivity index (χ3v) is 2.96. The summed E-state index contributed by atoms with van der Waals surface area (Å²) in [5.41, 5.74) is 7.08. The van der Waals surface area contributed by atoms with Crippen molar-refractivity contribution < 1.29 is 0 Å². The quantitative estimate of drug-likeness (QED) is 0.782. The molecule has 2 N–H and O–H groups in total. The van der Waals surface area contributed by atoms with Gasteiger partial charge in [-0.05, 0) is 37.0 Å². The van der Waals surface area contributed by atoms with Crippen LogP contribution < -0.4 is 5.73 Å². The van der Waals surface area contributed by atoms with Gasteiger partial charge in [0.15, 0.2) is 0 Å². The summed E-state index contributed by atoms with van der Waals surface area (Å²) in [4.78, 5) is 0. The van der Waals surface area contributed by atoms with Gasteiger partial charge >= 0.3 is 0 Å². The summed E-state index contributed by atoms with van der Waals surface area (Å²) in [6, 6.07) is 5.79. The number of rotatable bonds is 5. The van der Waals surface area contributed by atoms with Gasteiger partial charge in [-0.25, -0.2) is 0 Å². The Morgan fingerprint density at radius 3 is 2.67 bits per heavy atom. The molecule has 0 fully saturated rings. The first-order valence-corrected chi connectivity index (χ1v) is 5.69. The summed E-state index contributed by atoms with van der Waals surface area (Å²) in [5, 5.41) is 1.17. The van der Waals surface area contributed by atoms with Gasteiger partial charge in [-0.2, -0.15) is 0 Å². The Morgan fingerprint density at radius 1 is 1.33 bits per heavy atom. The van der Waals surface area contributed by atoms with Crippen LogP contribution in [0.2, 0.25) is 10.0 Å². The summed E-state index contributed by atoms with van der Waals surface area (Å²) >= 11 is 11.7. The van der Waals surface area contributed by atoms with Gasteiger partial charge in [0, 0.05) is 6.04 Å².